The molecule has 0 aromatic heterocycles. The Hall–Kier alpha value is -0.0400. The van der Waals surface area contributed by atoms with Gasteiger partial charge in [0.15, 0.2) is 0 Å². The Bertz CT molecular complexity index is 192. The highest BCUT2D eigenvalue weighted by Crippen LogP contribution is 2.37. The summed E-state index contributed by atoms with van der Waals surface area (Å²) >= 11 is 0. The van der Waals surface area contributed by atoms with Gasteiger partial charge in [-0.25, -0.2) is 0 Å². The normalized spacial score (nSPS) is 31.4. The molecular formula is C16H31N. The van der Waals surface area contributed by atoms with Gasteiger partial charge in [0.25, 0.3) is 0 Å². The van der Waals surface area contributed by atoms with Gasteiger partial charge < -0.3 is 0 Å². The molecule has 0 N–H and O–H groups in total. The van der Waals surface area contributed by atoms with Gasteiger partial charge >= 0.3 is 0 Å². The second-order valence-electron chi connectivity index (χ2n) is 6.20. The Balaban J connectivity index is 1.99. The van der Waals surface area contributed by atoms with E-state index in [1.54, 1.807) is 0 Å². The second-order valence-corrected chi connectivity index (χ2v) is 6.20. The lowest BCUT2D eigenvalue weighted by atomic mass is 9.82. The van der Waals surface area contributed by atoms with Crippen LogP contribution in [0.15, 0.2) is 0 Å². The van der Waals surface area contributed by atoms with Crippen LogP contribution in [0.5, 0.6) is 0 Å². The van der Waals surface area contributed by atoms with E-state index in [0.717, 1.165) is 18.1 Å². The monoisotopic (exact) mass is 237 g/mol. The minimum absolute atomic E-state index is 0.913. The van der Waals surface area contributed by atoms with Gasteiger partial charge in [0.2, 0.25) is 0 Å². The maximum Gasteiger partial charge on any atom is 0.0101 e. The zero-order chi connectivity index (χ0) is 12.1. The highest BCUT2D eigenvalue weighted by atomic mass is 15.2. The van der Waals surface area contributed by atoms with Gasteiger partial charge in [0, 0.05) is 18.1 Å². The summed E-state index contributed by atoms with van der Waals surface area (Å²) in [4.78, 5) is 2.98. The summed E-state index contributed by atoms with van der Waals surface area (Å²) in [6.45, 7) is 4.69. The minimum Gasteiger partial charge on any atom is -0.294 e. The molecule has 2 bridgehead atoms. The van der Waals surface area contributed by atoms with E-state index >= 15 is 0 Å². The summed E-state index contributed by atoms with van der Waals surface area (Å²) in [6, 6.07) is 2.82. The second kappa shape index (κ2) is 6.78. The molecule has 2 aliphatic rings. The van der Waals surface area contributed by atoms with E-state index in [2.05, 4.69) is 18.7 Å². The van der Waals surface area contributed by atoms with Crippen LogP contribution in [0.1, 0.15) is 84.5 Å². The molecule has 0 amide bonds. The molecule has 2 fully saturated rings. The molecule has 2 aliphatic heterocycles. The van der Waals surface area contributed by atoms with Crippen LogP contribution in [0.2, 0.25) is 0 Å². The van der Waals surface area contributed by atoms with E-state index in [4.69, 9.17) is 0 Å². The van der Waals surface area contributed by atoms with E-state index < -0.39 is 0 Å². The predicted octanol–water partition coefficient (Wildman–Crippen LogP) is 4.75. The molecule has 2 rings (SSSR count). The molecule has 0 spiro atoms. The largest absolute Gasteiger partial charge is 0.294 e. The number of unbranched alkanes of at least 4 members (excludes halogenated alkanes) is 1. The summed E-state index contributed by atoms with van der Waals surface area (Å²) in [6.07, 6.45) is 16.0. The third-order valence-corrected chi connectivity index (χ3v) is 4.93. The minimum atomic E-state index is 0.913. The van der Waals surface area contributed by atoms with Crippen LogP contribution in [0.25, 0.3) is 0 Å². The number of nitrogens with zero attached hydrogens (tertiary/aromatic N) is 1. The van der Waals surface area contributed by atoms with Crippen molar-refractivity contribution in [3.63, 3.8) is 0 Å². The summed E-state index contributed by atoms with van der Waals surface area (Å²) in [5, 5.41) is 0. The number of rotatable bonds is 6. The molecule has 1 atom stereocenters. The van der Waals surface area contributed by atoms with Gasteiger partial charge in [-0.05, 0) is 38.5 Å². The smallest absolute Gasteiger partial charge is 0.0101 e. The van der Waals surface area contributed by atoms with Crippen molar-refractivity contribution in [2.24, 2.45) is 0 Å². The maximum atomic E-state index is 2.98. The predicted molar refractivity (Wildman–Crippen MR) is 75.3 cm³/mol. The fourth-order valence-corrected chi connectivity index (χ4v) is 4.17. The number of hydrogen-bond donors (Lipinski definition) is 0. The van der Waals surface area contributed by atoms with Gasteiger partial charge in [0.1, 0.15) is 0 Å². The van der Waals surface area contributed by atoms with Gasteiger partial charge in [-0.3, -0.25) is 4.90 Å². The van der Waals surface area contributed by atoms with Gasteiger partial charge in [-0.1, -0.05) is 46.0 Å². The fourth-order valence-electron chi connectivity index (χ4n) is 4.17. The molecule has 2 heterocycles. The Kier molecular flexibility index (Phi) is 5.34. The summed E-state index contributed by atoms with van der Waals surface area (Å²) in [5.41, 5.74) is 0. The first-order valence-electron chi connectivity index (χ1n) is 8.14. The molecule has 1 unspecified atom stereocenters. The lowest BCUT2D eigenvalue weighted by Gasteiger charge is -2.50. The molecule has 17 heavy (non-hydrogen) atoms. The third-order valence-electron chi connectivity index (χ3n) is 4.93. The highest BCUT2D eigenvalue weighted by molar-refractivity contribution is 4.92. The molecule has 0 radical (unpaired) electrons. The van der Waals surface area contributed by atoms with Crippen molar-refractivity contribution in [3.05, 3.63) is 0 Å². The quantitative estimate of drug-likeness (QED) is 0.644. The molecule has 2 saturated heterocycles. The van der Waals surface area contributed by atoms with Gasteiger partial charge in [-0.2, -0.15) is 0 Å². The van der Waals surface area contributed by atoms with Crippen LogP contribution in [0.3, 0.4) is 0 Å². The standard InChI is InChI=1S/C16H31N/c1-3-5-9-14(8-4-2)17-15-10-6-11-16(17)13-7-12-15/h14-16H,3-13H2,1-2H3. The highest BCUT2D eigenvalue weighted by Gasteiger charge is 2.37. The summed E-state index contributed by atoms with van der Waals surface area (Å²) in [7, 11) is 0. The van der Waals surface area contributed by atoms with E-state index in [1.807, 2.05) is 0 Å². The van der Waals surface area contributed by atoms with Crippen molar-refractivity contribution in [3.8, 4) is 0 Å². The molecular weight excluding hydrogens is 206 g/mol. The van der Waals surface area contributed by atoms with Crippen molar-refractivity contribution in [1.29, 1.82) is 0 Å². The van der Waals surface area contributed by atoms with Crippen LogP contribution >= 0.6 is 0 Å². The van der Waals surface area contributed by atoms with Gasteiger partial charge in [0.05, 0.1) is 0 Å². The molecule has 100 valence electrons. The lowest BCUT2D eigenvalue weighted by Crippen LogP contribution is -2.54. The number of piperidine rings is 2. The van der Waals surface area contributed by atoms with E-state index in [0.29, 0.717) is 0 Å². The average molecular weight is 237 g/mol. The van der Waals surface area contributed by atoms with Crippen molar-refractivity contribution >= 4 is 0 Å². The Labute approximate surface area is 108 Å². The first-order valence-corrected chi connectivity index (χ1v) is 8.14. The molecule has 0 aromatic carbocycles. The van der Waals surface area contributed by atoms with E-state index in [-0.39, 0.29) is 0 Å². The van der Waals surface area contributed by atoms with Gasteiger partial charge in [-0.15, -0.1) is 0 Å². The molecule has 0 aliphatic carbocycles. The molecule has 0 saturated carbocycles. The van der Waals surface area contributed by atoms with Crippen molar-refractivity contribution in [2.45, 2.75) is 103 Å². The van der Waals surface area contributed by atoms with Crippen LogP contribution < -0.4 is 0 Å². The van der Waals surface area contributed by atoms with E-state index in [1.165, 1.54) is 70.6 Å². The first-order chi connectivity index (χ1) is 8.36. The number of hydrogen-bond acceptors (Lipinski definition) is 1. The van der Waals surface area contributed by atoms with Crippen LogP contribution in [0, 0.1) is 0 Å². The maximum absolute atomic E-state index is 2.98. The third kappa shape index (κ3) is 3.24. The zero-order valence-corrected chi connectivity index (χ0v) is 12.0. The zero-order valence-electron chi connectivity index (χ0n) is 12.0. The SMILES string of the molecule is CCCCC(CCC)N1C2CCCC1CCC2. The molecule has 1 nitrogen and oxygen atoms in total. The average Bonchev–Trinajstić information content (AvgIpc) is 2.33. The Morgan fingerprint density at radius 2 is 1.47 bits per heavy atom. The summed E-state index contributed by atoms with van der Waals surface area (Å²) in [5.74, 6) is 0. The molecule has 1 heteroatoms. The Morgan fingerprint density at radius 1 is 0.882 bits per heavy atom. The van der Waals surface area contributed by atoms with E-state index in [9.17, 15) is 0 Å². The fraction of sp³-hybridized carbons (Fsp3) is 1.00. The van der Waals surface area contributed by atoms with Crippen LogP contribution in [0.4, 0.5) is 0 Å². The topological polar surface area (TPSA) is 3.24 Å². The number of fused-ring (bicyclic) bond motifs is 2. The van der Waals surface area contributed by atoms with Crippen molar-refractivity contribution < 1.29 is 0 Å². The summed E-state index contributed by atoms with van der Waals surface area (Å²) < 4.78 is 0. The first kappa shape index (κ1) is 13.4. The lowest BCUT2D eigenvalue weighted by molar-refractivity contribution is -0.00501. The molecule has 0 aromatic rings. The van der Waals surface area contributed by atoms with Crippen molar-refractivity contribution in [2.75, 3.05) is 0 Å². The van der Waals surface area contributed by atoms with Crippen molar-refractivity contribution in [1.82, 2.24) is 4.90 Å². The Morgan fingerprint density at radius 3 is 1.94 bits per heavy atom. The van der Waals surface area contributed by atoms with Crippen LogP contribution in [-0.2, 0) is 0 Å². The van der Waals surface area contributed by atoms with Crippen LogP contribution in [-0.4, -0.2) is 23.0 Å².